The van der Waals surface area contributed by atoms with Crippen molar-refractivity contribution in [2.45, 2.75) is 26.2 Å². The number of halogens is 2. The highest BCUT2D eigenvalue weighted by Crippen LogP contribution is 2.38. The molecule has 3 nitrogen and oxygen atoms in total. The Morgan fingerprint density at radius 3 is 2.60 bits per heavy atom. The smallest absolute Gasteiger partial charge is 0.321 e. The first-order valence-electron chi connectivity index (χ1n) is 7.06. The number of hydrogen-bond acceptors (Lipinski definition) is 1. The van der Waals surface area contributed by atoms with E-state index in [2.05, 4.69) is 43.8 Å². The molecule has 2 fully saturated rings. The number of likely N-dealkylation sites (tertiary alicyclic amines) is 1. The minimum absolute atomic E-state index is 0.0581. The third-order valence-corrected chi connectivity index (χ3v) is 5.81. The van der Waals surface area contributed by atoms with Crippen LogP contribution in [0.15, 0.2) is 16.6 Å². The molecule has 108 valence electrons. The molecule has 1 aromatic rings. The van der Waals surface area contributed by atoms with Gasteiger partial charge in [0.1, 0.15) is 0 Å². The van der Waals surface area contributed by atoms with E-state index in [1.807, 2.05) is 24.0 Å². The number of nitrogens with zero attached hydrogens (tertiary/aromatic N) is 1. The molecule has 1 saturated heterocycles. The van der Waals surface area contributed by atoms with Crippen LogP contribution in [0.25, 0.3) is 0 Å². The van der Waals surface area contributed by atoms with Crippen LogP contribution in [0.5, 0.6) is 0 Å². The van der Waals surface area contributed by atoms with Gasteiger partial charge in [-0.15, -0.1) is 0 Å². The average Bonchev–Trinajstić information content (AvgIpc) is 2.93. The SMILES string of the molecule is Cc1cc(Br)cc(I)c1NC(=O)N1C[C@H]2CCC[C@H]2C1. The monoisotopic (exact) mass is 448 g/mol. The fourth-order valence-electron chi connectivity index (χ4n) is 3.45. The maximum absolute atomic E-state index is 12.4. The zero-order valence-corrected chi connectivity index (χ0v) is 15.2. The Bertz CT molecular complexity index is 514. The molecule has 0 unspecified atom stereocenters. The molecule has 1 heterocycles. The molecule has 1 aromatic carbocycles. The van der Waals surface area contributed by atoms with E-state index in [9.17, 15) is 4.79 Å². The van der Waals surface area contributed by atoms with Crippen LogP contribution in [0, 0.1) is 22.3 Å². The van der Waals surface area contributed by atoms with Gasteiger partial charge in [0.05, 0.1) is 5.69 Å². The molecule has 1 aliphatic heterocycles. The van der Waals surface area contributed by atoms with E-state index in [4.69, 9.17) is 0 Å². The molecule has 0 radical (unpaired) electrons. The number of aryl methyl sites for hydroxylation is 1. The predicted octanol–water partition coefficient (Wildman–Crippen LogP) is 4.63. The van der Waals surface area contributed by atoms with Crippen LogP contribution in [0.2, 0.25) is 0 Å². The number of urea groups is 1. The Balaban J connectivity index is 1.71. The summed E-state index contributed by atoms with van der Waals surface area (Å²) in [5.74, 6) is 1.48. The summed E-state index contributed by atoms with van der Waals surface area (Å²) in [6.07, 6.45) is 3.93. The van der Waals surface area contributed by atoms with Crippen LogP contribution >= 0.6 is 38.5 Å². The van der Waals surface area contributed by atoms with E-state index in [-0.39, 0.29) is 6.03 Å². The van der Waals surface area contributed by atoms with Gasteiger partial charge in [-0.05, 0) is 71.9 Å². The maximum atomic E-state index is 12.4. The molecular formula is C15H18BrIN2O. The number of benzene rings is 1. The van der Waals surface area contributed by atoms with E-state index >= 15 is 0 Å². The van der Waals surface area contributed by atoms with Crippen molar-refractivity contribution >= 4 is 50.2 Å². The molecule has 20 heavy (non-hydrogen) atoms. The molecule has 2 atom stereocenters. The van der Waals surface area contributed by atoms with Crippen molar-refractivity contribution in [2.75, 3.05) is 18.4 Å². The molecule has 2 aliphatic rings. The topological polar surface area (TPSA) is 32.3 Å². The van der Waals surface area contributed by atoms with Crippen molar-refractivity contribution in [1.82, 2.24) is 4.90 Å². The summed E-state index contributed by atoms with van der Waals surface area (Å²) in [5, 5.41) is 3.10. The number of nitrogens with one attached hydrogen (secondary N) is 1. The van der Waals surface area contributed by atoms with Crippen molar-refractivity contribution in [3.8, 4) is 0 Å². The summed E-state index contributed by atoms with van der Waals surface area (Å²) in [7, 11) is 0. The number of hydrogen-bond donors (Lipinski definition) is 1. The number of rotatable bonds is 1. The van der Waals surface area contributed by atoms with E-state index in [0.717, 1.165) is 44.2 Å². The van der Waals surface area contributed by atoms with Crippen LogP contribution in [0.3, 0.4) is 0 Å². The summed E-state index contributed by atoms with van der Waals surface area (Å²) in [6, 6.07) is 4.13. The van der Waals surface area contributed by atoms with Gasteiger partial charge in [-0.2, -0.15) is 0 Å². The molecule has 0 aromatic heterocycles. The standard InChI is InChI=1S/C15H18BrIN2O/c1-9-5-12(16)6-13(17)14(9)18-15(20)19-7-10-3-2-4-11(10)8-19/h5-6,10-11H,2-4,7-8H2,1H3,(H,18,20)/t10-,11+. The summed E-state index contributed by atoms with van der Waals surface area (Å²) in [6.45, 7) is 3.90. The van der Waals surface area contributed by atoms with Crippen molar-refractivity contribution in [1.29, 1.82) is 0 Å². The van der Waals surface area contributed by atoms with E-state index in [0.29, 0.717) is 0 Å². The van der Waals surface area contributed by atoms with Gasteiger partial charge in [0, 0.05) is 21.1 Å². The first-order valence-corrected chi connectivity index (χ1v) is 8.93. The minimum Gasteiger partial charge on any atom is -0.324 e. The fraction of sp³-hybridized carbons (Fsp3) is 0.533. The quantitative estimate of drug-likeness (QED) is 0.624. The van der Waals surface area contributed by atoms with Crippen LogP contribution < -0.4 is 5.32 Å². The number of carbonyl (C=O) groups excluding carboxylic acids is 1. The lowest BCUT2D eigenvalue weighted by Gasteiger charge is -2.20. The van der Waals surface area contributed by atoms with Crippen LogP contribution in [0.4, 0.5) is 10.5 Å². The van der Waals surface area contributed by atoms with Gasteiger partial charge in [-0.1, -0.05) is 22.4 Å². The van der Waals surface area contributed by atoms with E-state index in [1.54, 1.807) is 0 Å². The lowest BCUT2D eigenvalue weighted by molar-refractivity contribution is 0.219. The molecule has 3 rings (SSSR count). The van der Waals surface area contributed by atoms with Gasteiger partial charge in [0.2, 0.25) is 0 Å². The Morgan fingerprint density at radius 2 is 2.00 bits per heavy atom. The highest BCUT2D eigenvalue weighted by molar-refractivity contribution is 14.1. The summed E-state index contributed by atoms with van der Waals surface area (Å²) in [5.41, 5.74) is 2.03. The molecule has 1 aliphatic carbocycles. The first-order chi connectivity index (χ1) is 9.54. The van der Waals surface area contributed by atoms with Gasteiger partial charge < -0.3 is 10.2 Å². The largest absolute Gasteiger partial charge is 0.324 e. The van der Waals surface area contributed by atoms with Crippen molar-refractivity contribution < 1.29 is 4.79 Å². The predicted molar refractivity (Wildman–Crippen MR) is 93.0 cm³/mol. The Hall–Kier alpha value is -0.300. The molecule has 1 N–H and O–H groups in total. The lowest BCUT2D eigenvalue weighted by atomic mass is 10.0. The van der Waals surface area contributed by atoms with E-state index < -0.39 is 0 Å². The number of anilines is 1. The second kappa shape index (κ2) is 5.83. The fourth-order valence-corrected chi connectivity index (χ4v) is 5.34. The van der Waals surface area contributed by atoms with Crippen molar-refractivity contribution in [3.05, 3.63) is 25.7 Å². The van der Waals surface area contributed by atoms with Gasteiger partial charge >= 0.3 is 6.03 Å². The van der Waals surface area contributed by atoms with Crippen molar-refractivity contribution in [3.63, 3.8) is 0 Å². The number of carbonyl (C=O) groups is 1. The molecule has 0 bridgehead atoms. The Kier molecular flexibility index (Phi) is 4.26. The highest BCUT2D eigenvalue weighted by atomic mass is 127. The minimum atomic E-state index is 0.0581. The van der Waals surface area contributed by atoms with Gasteiger partial charge in [0.25, 0.3) is 0 Å². The van der Waals surface area contributed by atoms with Crippen LogP contribution in [-0.2, 0) is 0 Å². The lowest BCUT2D eigenvalue weighted by Crippen LogP contribution is -2.34. The normalized spacial score (nSPS) is 24.9. The zero-order chi connectivity index (χ0) is 14.3. The third-order valence-electron chi connectivity index (χ3n) is 4.50. The van der Waals surface area contributed by atoms with Gasteiger partial charge in [-0.3, -0.25) is 0 Å². The number of amides is 2. The van der Waals surface area contributed by atoms with Crippen molar-refractivity contribution in [2.24, 2.45) is 11.8 Å². The highest BCUT2D eigenvalue weighted by Gasteiger charge is 2.38. The second-order valence-electron chi connectivity index (χ2n) is 5.87. The zero-order valence-electron chi connectivity index (χ0n) is 11.5. The Morgan fingerprint density at radius 1 is 1.35 bits per heavy atom. The first kappa shape index (κ1) is 14.6. The summed E-state index contributed by atoms with van der Waals surface area (Å²) < 4.78 is 2.12. The van der Waals surface area contributed by atoms with Gasteiger partial charge in [-0.25, -0.2) is 4.79 Å². The van der Waals surface area contributed by atoms with Crippen LogP contribution in [0.1, 0.15) is 24.8 Å². The average molecular weight is 449 g/mol. The third kappa shape index (κ3) is 2.84. The summed E-state index contributed by atoms with van der Waals surface area (Å²) in [4.78, 5) is 14.4. The molecular weight excluding hydrogens is 431 g/mol. The van der Waals surface area contributed by atoms with Crippen LogP contribution in [-0.4, -0.2) is 24.0 Å². The Labute approximate surface area is 141 Å². The maximum Gasteiger partial charge on any atom is 0.321 e. The second-order valence-corrected chi connectivity index (χ2v) is 7.94. The van der Waals surface area contributed by atoms with Gasteiger partial charge in [0.15, 0.2) is 0 Å². The van der Waals surface area contributed by atoms with E-state index in [1.165, 1.54) is 19.3 Å². The summed E-state index contributed by atoms with van der Waals surface area (Å²) >= 11 is 5.76. The number of fused-ring (bicyclic) bond motifs is 1. The molecule has 0 spiro atoms. The molecule has 1 saturated carbocycles. The molecule has 2 amide bonds. The molecule has 5 heteroatoms.